The third kappa shape index (κ3) is 3.15. The molecule has 1 aromatic carbocycles. The molecule has 0 aliphatic carbocycles. The van der Waals surface area contributed by atoms with E-state index in [1.807, 2.05) is 6.92 Å². The summed E-state index contributed by atoms with van der Waals surface area (Å²) in [6, 6.07) is 9.54. The summed E-state index contributed by atoms with van der Waals surface area (Å²) in [6.07, 6.45) is 0. The third-order valence-electron chi connectivity index (χ3n) is 3.57. The van der Waals surface area contributed by atoms with Crippen LogP contribution < -0.4 is 10.5 Å². The molecule has 0 atom stereocenters. The van der Waals surface area contributed by atoms with Gasteiger partial charge in [0, 0.05) is 11.6 Å². The number of aryl methyl sites for hydroxylation is 2. The van der Waals surface area contributed by atoms with Gasteiger partial charge in [-0.2, -0.15) is 0 Å². The second-order valence-corrected chi connectivity index (χ2v) is 5.19. The molecule has 118 valence electrons. The fourth-order valence-electron chi connectivity index (χ4n) is 2.17. The molecule has 0 aliphatic heterocycles. The predicted molar refractivity (Wildman–Crippen MR) is 84.4 cm³/mol. The van der Waals surface area contributed by atoms with E-state index in [1.165, 1.54) is 12.1 Å². The van der Waals surface area contributed by atoms with Crippen molar-refractivity contribution < 1.29 is 13.7 Å². The number of hydrogen-bond acceptors (Lipinski definition) is 5. The highest BCUT2D eigenvalue weighted by molar-refractivity contribution is 5.63. The molecule has 0 fully saturated rings. The molecule has 2 heterocycles. The highest BCUT2D eigenvalue weighted by atomic mass is 19.1. The van der Waals surface area contributed by atoms with Gasteiger partial charge in [0.25, 0.3) is 0 Å². The lowest BCUT2D eigenvalue weighted by atomic mass is 10.1. The van der Waals surface area contributed by atoms with Gasteiger partial charge in [-0.1, -0.05) is 5.16 Å². The molecule has 0 aliphatic rings. The largest absolute Gasteiger partial charge is 0.473 e. The first kappa shape index (κ1) is 15.0. The maximum Gasteiger partial charge on any atom is 0.213 e. The zero-order valence-corrected chi connectivity index (χ0v) is 12.8. The van der Waals surface area contributed by atoms with Crippen LogP contribution in [0.3, 0.4) is 0 Å². The van der Waals surface area contributed by atoms with E-state index in [2.05, 4.69) is 10.1 Å². The zero-order valence-electron chi connectivity index (χ0n) is 12.8. The van der Waals surface area contributed by atoms with Crippen LogP contribution in [0.15, 0.2) is 40.9 Å². The highest BCUT2D eigenvalue weighted by Gasteiger charge is 2.16. The van der Waals surface area contributed by atoms with Gasteiger partial charge in [0.1, 0.15) is 23.9 Å². The lowest BCUT2D eigenvalue weighted by Crippen LogP contribution is -2.01. The summed E-state index contributed by atoms with van der Waals surface area (Å²) in [5.41, 5.74) is 9.27. The number of nitrogen functional groups attached to an aromatic ring is 1. The van der Waals surface area contributed by atoms with E-state index in [0.717, 1.165) is 11.1 Å². The van der Waals surface area contributed by atoms with Gasteiger partial charge < -0.3 is 15.0 Å². The maximum absolute atomic E-state index is 13.1. The second kappa shape index (κ2) is 6.08. The lowest BCUT2D eigenvalue weighted by molar-refractivity contribution is 0.290. The summed E-state index contributed by atoms with van der Waals surface area (Å²) in [5, 5.41) is 4.04. The number of halogens is 1. The van der Waals surface area contributed by atoms with Crippen LogP contribution in [0.4, 0.5) is 10.1 Å². The molecule has 2 N–H and O–H groups in total. The number of nitrogens with zero attached hydrogens (tertiary/aromatic N) is 2. The third-order valence-corrected chi connectivity index (χ3v) is 3.57. The molecule has 23 heavy (non-hydrogen) atoms. The van der Waals surface area contributed by atoms with Crippen LogP contribution in [0.2, 0.25) is 0 Å². The Labute approximate surface area is 132 Å². The Morgan fingerprint density at radius 3 is 2.57 bits per heavy atom. The van der Waals surface area contributed by atoms with Crippen molar-refractivity contribution in [3.63, 3.8) is 0 Å². The Morgan fingerprint density at radius 1 is 1.13 bits per heavy atom. The van der Waals surface area contributed by atoms with Gasteiger partial charge in [-0.15, -0.1) is 0 Å². The Kier molecular flexibility index (Phi) is 3.97. The predicted octanol–water partition coefficient (Wildman–Crippen LogP) is 3.65. The van der Waals surface area contributed by atoms with Crippen molar-refractivity contribution in [3.8, 4) is 17.1 Å². The monoisotopic (exact) mass is 313 g/mol. The van der Waals surface area contributed by atoms with Gasteiger partial charge in [0.05, 0.1) is 16.9 Å². The van der Waals surface area contributed by atoms with Crippen LogP contribution >= 0.6 is 0 Å². The van der Waals surface area contributed by atoms with Crippen molar-refractivity contribution in [1.29, 1.82) is 0 Å². The summed E-state index contributed by atoms with van der Waals surface area (Å²) in [4.78, 5) is 4.27. The van der Waals surface area contributed by atoms with Crippen molar-refractivity contribution in [2.45, 2.75) is 20.5 Å². The van der Waals surface area contributed by atoms with E-state index >= 15 is 0 Å². The molecule has 0 bridgehead atoms. The Hall–Kier alpha value is -2.89. The number of ether oxygens (including phenoxy) is 1. The molecule has 0 amide bonds. The molecule has 5 nitrogen and oxygen atoms in total. The van der Waals surface area contributed by atoms with Crippen LogP contribution in [-0.4, -0.2) is 10.1 Å². The first-order valence-electron chi connectivity index (χ1n) is 7.11. The van der Waals surface area contributed by atoms with Crippen molar-refractivity contribution >= 4 is 5.69 Å². The first-order valence-corrected chi connectivity index (χ1v) is 7.11. The number of hydrogen-bond donors (Lipinski definition) is 1. The minimum absolute atomic E-state index is 0.248. The molecule has 3 aromatic rings. The minimum atomic E-state index is -0.298. The zero-order chi connectivity index (χ0) is 16.4. The van der Waals surface area contributed by atoms with E-state index in [1.54, 1.807) is 31.2 Å². The van der Waals surface area contributed by atoms with Crippen LogP contribution in [0, 0.1) is 19.7 Å². The second-order valence-electron chi connectivity index (χ2n) is 5.19. The van der Waals surface area contributed by atoms with Crippen molar-refractivity contribution in [1.82, 2.24) is 10.1 Å². The van der Waals surface area contributed by atoms with E-state index in [0.29, 0.717) is 28.7 Å². The van der Waals surface area contributed by atoms with Crippen LogP contribution in [0.25, 0.3) is 11.3 Å². The normalized spacial score (nSPS) is 10.7. The minimum Gasteiger partial charge on any atom is -0.473 e. The topological polar surface area (TPSA) is 74.2 Å². The molecular formula is C17H16FN3O2. The number of benzene rings is 1. The molecule has 0 saturated carbocycles. The van der Waals surface area contributed by atoms with Gasteiger partial charge in [-0.3, -0.25) is 0 Å². The number of nitrogens with two attached hydrogens (primary N) is 1. The Bertz CT molecular complexity index is 828. The molecule has 0 radical (unpaired) electrons. The van der Waals surface area contributed by atoms with E-state index in [4.69, 9.17) is 15.0 Å². The number of rotatable bonds is 4. The Balaban J connectivity index is 1.84. The Morgan fingerprint density at radius 2 is 1.87 bits per heavy atom. The average molecular weight is 313 g/mol. The van der Waals surface area contributed by atoms with Crippen LogP contribution in [0.1, 0.15) is 17.0 Å². The summed E-state index contributed by atoms with van der Waals surface area (Å²) >= 11 is 0. The first-order chi connectivity index (χ1) is 11.0. The molecular weight excluding hydrogens is 297 g/mol. The number of anilines is 1. The van der Waals surface area contributed by atoms with E-state index in [-0.39, 0.29) is 12.4 Å². The van der Waals surface area contributed by atoms with Gasteiger partial charge >= 0.3 is 0 Å². The molecule has 2 aromatic heterocycles. The van der Waals surface area contributed by atoms with E-state index < -0.39 is 0 Å². The van der Waals surface area contributed by atoms with Crippen LogP contribution in [0.5, 0.6) is 5.88 Å². The molecule has 3 rings (SSSR count). The van der Waals surface area contributed by atoms with E-state index in [9.17, 15) is 4.39 Å². The molecule has 0 unspecified atom stereocenters. The quantitative estimate of drug-likeness (QED) is 0.795. The number of pyridine rings is 1. The molecule has 0 saturated heterocycles. The summed E-state index contributed by atoms with van der Waals surface area (Å²) < 4.78 is 24.0. The summed E-state index contributed by atoms with van der Waals surface area (Å²) in [6.45, 7) is 3.87. The highest BCUT2D eigenvalue weighted by Crippen LogP contribution is 2.26. The number of aromatic nitrogens is 2. The standard InChI is InChI=1S/C17H16FN3O2/c1-10-15(19)7-8-16(20-10)22-9-14-11(2)23-21-17(14)12-3-5-13(18)6-4-12/h3-8H,9,19H2,1-2H3. The van der Waals surface area contributed by atoms with Gasteiger partial charge in [0.15, 0.2) is 0 Å². The van der Waals surface area contributed by atoms with Crippen molar-refractivity contribution in [2.24, 2.45) is 0 Å². The summed E-state index contributed by atoms with van der Waals surface area (Å²) in [5.74, 6) is 0.826. The van der Waals surface area contributed by atoms with Crippen molar-refractivity contribution in [3.05, 3.63) is 59.2 Å². The van der Waals surface area contributed by atoms with Crippen molar-refractivity contribution in [2.75, 3.05) is 5.73 Å². The molecule has 0 spiro atoms. The maximum atomic E-state index is 13.1. The fourth-order valence-corrected chi connectivity index (χ4v) is 2.17. The molecule has 6 heteroatoms. The SMILES string of the molecule is Cc1nc(OCc2c(-c3ccc(F)cc3)noc2C)ccc1N. The average Bonchev–Trinajstić information content (AvgIpc) is 2.90. The van der Waals surface area contributed by atoms with Gasteiger partial charge in [-0.05, 0) is 44.2 Å². The lowest BCUT2D eigenvalue weighted by Gasteiger charge is -2.07. The van der Waals surface area contributed by atoms with Gasteiger partial charge in [-0.25, -0.2) is 9.37 Å². The van der Waals surface area contributed by atoms with Crippen LogP contribution in [-0.2, 0) is 6.61 Å². The van der Waals surface area contributed by atoms with Gasteiger partial charge in [0.2, 0.25) is 5.88 Å². The smallest absolute Gasteiger partial charge is 0.213 e. The fraction of sp³-hybridized carbons (Fsp3) is 0.176. The summed E-state index contributed by atoms with van der Waals surface area (Å²) in [7, 11) is 0.